The Balaban J connectivity index is 4.31. The van der Waals surface area contributed by atoms with Gasteiger partial charge in [0.25, 0.3) is 0 Å². The predicted octanol–water partition coefficient (Wildman–Crippen LogP) is -0.315. The highest BCUT2D eigenvalue weighted by Crippen LogP contribution is 2.07. The molecule has 0 saturated carbocycles. The van der Waals surface area contributed by atoms with Crippen LogP contribution in [0.1, 0.15) is 13.3 Å². The van der Waals surface area contributed by atoms with Crippen molar-refractivity contribution < 1.29 is 24.2 Å². The molecule has 2 atom stereocenters. The fraction of sp³-hybridized carbons (Fsp3) is 0.667. The maximum Gasteiger partial charge on any atom is 0.325 e. The number of aliphatic carboxylic acids is 1. The van der Waals surface area contributed by atoms with Gasteiger partial charge in [-0.1, -0.05) is 0 Å². The number of carbonyl (C=O) groups excluding carboxylic acids is 2. The number of thiol groups is 1. The van der Waals surface area contributed by atoms with Crippen molar-refractivity contribution in [3.63, 3.8) is 0 Å². The van der Waals surface area contributed by atoms with Crippen LogP contribution in [-0.2, 0) is 19.1 Å². The Kier molecular flexibility index (Phi) is 6.55. The minimum Gasteiger partial charge on any atom is -0.480 e. The Hall–Kier alpha value is -1.24. The van der Waals surface area contributed by atoms with E-state index < -0.39 is 29.8 Å². The smallest absolute Gasteiger partial charge is 0.325 e. The first-order valence-electron chi connectivity index (χ1n) is 4.63. The summed E-state index contributed by atoms with van der Waals surface area (Å²) in [4.78, 5) is 33.0. The molecule has 0 fully saturated rings. The number of esters is 1. The van der Waals surface area contributed by atoms with E-state index in [9.17, 15) is 14.4 Å². The third-order valence-electron chi connectivity index (χ3n) is 1.96. The molecular weight excluding hydrogens is 234 g/mol. The molecule has 0 aliphatic rings. The fourth-order valence-electron chi connectivity index (χ4n) is 0.918. The number of hydrogen-bond donors (Lipinski definition) is 3. The largest absolute Gasteiger partial charge is 0.480 e. The lowest BCUT2D eigenvalue weighted by atomic mass is 10.1. The van der Waals surface area contributed by atoms with Gasteiger partial charge in [0.1, 0.15) is 6.04 Å². The molecular formula is C9H15NO5S. The van der Waals surface area contributed by atoms with E-state index >= 15 is 0 Å². The summed E-state index contributed by atoms with van der Waals surface area (Å²) >= 11 is 3.93. The van der Waals surface area contributed by atoms with Crippen molar-refractivity contribution in [2.45, 2.75) is 19.4 Å². The second-order valence-electron chi connectivity index (χ2n) is 3.23. The monoisotopic (exact) mass is 249 g/mol. The molecule has 0 saturated heterocycles. The summed E-state index contributed by atoms with van der Waals surface area (Å²) in [6.07, 6.45) is -0.113. The molecule has 7 heteroatoms. The standard InChI is InChI=1S/C9H15NO5S/c1-5(9(13)14)10-8(12)6(4-16)3-7(11)15-2/h5-6,16H,3-4H2,1-2H3,(H,10,12)(H,13,14)/t5-,6?/m0/s1. The first-order chi connectivity index (χ1) is 7.42. The van der Waals surface area contributed by atoms with E-state index in [0.717, 1.165) is 0 Å². The summed E-state index contributed by atoms with van der Waals surface area (Å²) in [6.45, 7) is 1.34. The Morgan fingerprint density at radius 1 is 1.44 bits per heavy atom. The van der Waals surface area contributed by atoms with E-state index in [4.69, 9.17) is 5.11 Å². The lowest BCUT2D eigenvalue weighted by Crippen LogP contribution is -2.42. The van der Waals surface area contributed by atoms with Gasteiger partial charge in [0, 0.05) is 5.75 Å². The second-order valence-corrected chi connectivity index (χ2v) is 3.59. The van der Waals surface area contributed by atoms with Crippen LogP contribution >= 0.6 is 12.6 Å². The number of carbonyl (C=O) groups is 3. The van der Waals surface area contributed by atoms with E-state index in [0.29, 0.717) is 0 Å². The third-order valence-corrected chi connectivity index (χ3v) is 2.40. The van der Waals surface area contributed by atoms with Crippen LogP contribution in [0.15, 0.2) is 0 Å². The van der Waals surface area contributed by atoms with Crippen LogP contribution in [0.3, 0.4) is 0 Å². The maximum atomic E-state index is 11.5. The first kappa shape index (κ1) is 14.8. The van der Waals surface area contributed by atoms with E-state index in [1.807, 2.05) is 0 Å². The number of methoxy groups -OCH3 is 1. The van der Waals surface area contributed by atoms with Crippen LogP contribution < -0.4 is 5.32 Å². The number of ether oxygens (including phenoxy) is 1. The van der Waals surface area contributed by atoms with Crippen molar-refractivity contribution >= 4 is 30.5 Å². The molecule has 16 heavy (non-hydrogen) atoms. The van der Waals surface area contributed by atoms with Crippen LogP contribution in [0.4, 0.5) is 0 Å². The highest BCUT2D eigenvalue weighted by molar-refractivity contribution is 7.80. The molecule has 0 spiro atoms. The molecule has 0 aromatic carbocycles. The molecule has 0 aromatic heterocycles. The zero-order valence-corrected chi connectivity index (χ0v) is 9.99. The van der Waals surface area contributed by atoms with E-state index in [-0.39, 0.29) is 12.2 Å². The molecule has 0 radical (unpaired) electrons. The predicted molar refractivity (Wildman–Crippen MR) is 59.2 cm³/mol. The molecule has 0 rings (SSSR count). The van der Waals surface area contributed by atoms with Crippen molar-refractivity contribution in [3.8, 4) is 0 Å². The Bertz CT molecular complexity index is 281. The Labute approximate surface area is 98.8 Å². The summed E-state index contributed by atoms with van der Waals surface area (Å²) in [5.41, 5.74) is 0. The van der Waals surface area contributed by atoms with Crippen molar-refractivity contribution in [2.75, 3.05) is 12.9 Å². The molecule has 6 nitrogen and oxygen atoms in total. The van der Waals surface area contributed by atoms with Crippen LogP contribution in [0.2, 0.25) is 0 Å². The molecule has 0 heterocycles. The van der Waals surface area contributed by atoms with Crippen LogP contribution in [0.25, 0.3) is 0 Å². The van der Waals surface area contributed by atoms with Gasteiger partial charge in [-0.05, 0) is 6.92 Å². The number of carboxylic acid groups (broad SMARTS) is 1. The van der Waals surface area contributed by atoms with Gasteiger partial charge in [-0.2, -0.15) is 12.6 Å². The Morgan fingerprint density at radius 2 is 2.00 bits per heavy atom. The Morgan fingerprint density at radius 3 is 2.38 bits per heavy atom. The average molecular weight is 249 g/mol. The molecule has 2 N–H and O–H groups in total. The fourth-order valence-corrected chi connectivity index (χ4v) is 1.21. The van der Waals surface area contributed by atoms with Gasteiger partial charge in [-0.3, -0.25) is 14.4 Å². The highest BCUT2D eigenvalue weighted by Gasteiger charge is 2.23. The number of hydrogen-bond acceptors (Lipinski definition) is 5. The molecule has 1 unspecified atom stereocenters. The summed E-state index contributed by atoms with van der Waals surface area (Å²) in [5.74, 6) is -2.72. The number of amides is 1. The van der Waals surface area contributed by atoms with Crippen LogP contribution in [0, 0.1) is 5.92 Å². The van der Waals surface area contributed by atoms with Gasteiger partial charge in [0.2, 0.25) is 5.91 Å². The van der Waals surface area contributed by atoms with E-state index in [1.165, 1.54) is 14.0 Å². The number of rotatable bonds is 6. The van der Waals surface area contributed by atoms with Gasteiger partial charge in [-0.25, -0.2) is 0 Å². The molecule has 0 aliphatic heterocycles. The first-order valence-corrected chi connectivity index (χ1v) is 5.26. The number of nitrogens with one attached hydrogen (secondary N) is 1. The van der Waals surface area contributed by atoms with Gasteiger partial charge in [0.05, 0.1) is 19.4 Å². The van der Waals surface area contributed by atoms with Gasteiger partial charge in [-0.15, -0.1) is 0 Å². The van der Waals surface area contributed by atoms with Crippen molar-refractivity contribution in [1.82, 2.24) is 5.32 Å². The highest BCUT2D eigenvalue weighted by atomic mass is 32.1. The van der Waals surface area contributed by atoms with E-state index in [2.05, 4.69) is 22.7 Å². The third kappa shape index (κ3) is 5.01. The topological polar surface area (TPSA) is 92.7 Å². The van der Waals surface area contributed by atoms with Crippen molar-refractivity contribution in [1.29, 1.82) is 0 Å². The quantitative estimate of drug-likeness (QED) is 0.443. The molecule has 1 amide bonds. The van der Waals surface area contributed by atoms with Gasteiger partial charge in [0.15, 0.2) is 0 Å². The van der Waals surface area contributed by atoms with Crippen molar-refractivity contribution in [2.24, 2.45) is 5.92 Å². The average Bonchev–Trinajstić information content (AvgIpc) is 2.24. The SMILES string of the molecule is COC(=O)CC(CS)C(=O)N[C@@H](C)C(=O)O. The number of carboxylic acids is 1. The van der Waals surface area contributed by atoms with Crippen molar-refractivity contribution in [3.05, 3.63) is 0 Å². The lowest BCUT2D eigenvalue weighted by Gasteiger charge is -2.15. The summed E-state index contributed by atoms with van der Waals surface area (Å²) in [6, 6.07) is -0.993. The zero-order chi connectivity index (χ0) is 12.7. The van der Waals surface area contributed by atoms with Gasteiger partial charge < -0.3 is 15.2 Å². The zero-order valence-electron chi connectivity index (χ0n) is 9.10. The molecule has 0 aromatic rings. The second kappa shape index (κ2) is 7.10. The minimum absolute atomic E-state index is 0.113. The normalized spacial score (nSPS) is 13.7. The summed E-state index contributed by atoms with van der Waals surface area (Å²) in [5, 5.41) is 10.9. The molecule has 0 bridgehead atoms. The van der Waals surface area contributed by atoms with Crippen LogP contribution in [0.5, 0.6) is 0 Å². The van der Waals surface area contributed by atoms with Gasteiger partial charge >= 0.3 is 11.9 Å². The summed E-state index contributed by atoms with van der Waals surface area (Å²) in [7, 11) is 1.22. The maximum absolute atomic E-state index is 11.5. The molecule has 92 valence electrons. The molecule has 0 aliphatic carbocycles. The van der Waals surface area contributed by atoms with E-state index in [1.54, 1.807) is 0 Å². The summed E-state index contributed by atoms with van der Waals surface area (Å²) < 4.78 is 4.42. The minimum atomic E-state index is -1.13. The lowest BCUT2D eigenvalue weighted by molar-refractivity contribution is -0.144. The van der Waals surface area contributed by atoms with Crippen LogP contribution in [-0.4, -0.2) is 41.9 Å².